The standard InChI is InChI=1S/C21H25N3O3.ClH/c1-13-6-9-19(27-3)17(11-13)23-20(25)18-5-4-10-24(18)21(26)16-12-15(22)8-7-14(16)2;/h6-9,11-12,18H,4-5,10,22H2,1-3H3,(H,23,25);1H. The van der Waals surface area contributed by atoms with E-state index in [-0.39, 0.29) is 24.2 Å². The highest BCUT2D eigenvalue weighted by atomic mass is 35.5. The number of benzene rings is 2. The van der Waals surface area contributed by atoms with Gasteiger partial charge in [0.25, 0.3) is 5.91 Å². The Kier molecular flexibility index (Phi) is 6.91. The van der Waals surface area contributed by atoms with Gasteiger partial charge in [-0.1, -0.05) is 12.1 Å². The number of carbonyl (C=O) groups is 2. The van der Waals surface area contributed by atoms with Gasteiger partial charge in [-0.25, -0.2) is 0 Å². The summed E-state index contributed by atoms with van der Waals surface area (Å²) in [5, 5.41) is 2.92. The number of nitrogen functional groups attached to an aromatic ring is 1. The van der Waals surface area contributed by atoms with Crippen LogP contribution in [0.1, 0.15) is 34.3 Å². The molecule has 7 heteroatoms. The van der Waals surface area contributed by atoms with Crippen molar-refractivity contribution in [1.82, 2.24) is 4.90 Å². The fourth-order valence-corrected chi connectivity index (χ4v) is 3.44. The van der Waals surface area contributed by atoms with Crippen LogP contribution < -0.4 is 15.8 Å². The summed E-state index contributed by atoms with van der Waals surface area (Å²) in [6.45, 7) is 4.37. The second-order valence-electron chi connectivity index (χ2n) is 6.92. The predicted octanol–water partition coefficient (Wildman–Crippen LogP) is 3.56. The van der Waals surface area contributed by atoms with Crippen molar-refractivity contribution in [3.05, 3.63) is 53.1 Å². The summed E-state index contributed by atoms with van der Waals surface area (Å²) in [6, 6.07) is 10.4. The molecule has 3 N–H and O–H groups in total. The minimum absolute atomic E-state index is 0. The van der Waals surface area contributed by atoms with E-state index in [2.05, 4.69) is 5.32 Å². The molecule has 1 aliphatic rings. The molecule has 6 nitrogen and oxygen atoms in total. The van der Waals surface area contributed by atoms with Gasteiger partial charge in [0.05, 0.1) is 12.8 Å². The fourth-order valence-electron chi connectivity index (χ4n) is 3.44. The van der Waals surface area contributed by atoms with Crippen molar-refractivity contribution in [2.24, 2.45) is 0 Å². The van der Waals surface area contributed by atoms with E-state index in [1.54, 1.807) is 24.1 Å². The Morgan fingerprint density at radius 2 is 1.93 bits per heavy atom. The topological polar surface area (TPSA) is 84.7 Å². The van der Waals surface area contributed by atoms with Gasteiger partial charge in [0, 0.05) is 17.8 Å². The molecule has 1 fully saturated rings. The summed E-state index contributed by atoms with van der Waals surface area (Å²) < 4.78 is 5.33. The molecule has 1 heterocycles. The van der Waals surface area contributed by atoms with Crippen LogP contribution in [0.15, 0.2) is 36.4 Å². The minimum Gasteiger partial charge on any atom is -0.495 e. The van der Waals surface area contributed by atoms with Gasteiger partial charge < -0.3 is 20.7 Å². The van der Waals surface area contributed by atoms with Crippen molar-refractivity contribution in [3.63, 3.8) is 0 Å². The summed E-state index contributed by atoms with van der Waals surface area (Å²) in [5.41, 5.74) is 9.40. The Morgan fingerprint density at radius 1 is 1.18 bits per heavy atom. The molecule has 1 aliphatic heterocycles. The third-order valence-electron chi connectivity index (χ3n) is 4.92. The zero-order chi connectivity index (χ0) is 19.6. The molecule has 150 valence electrons. The first-order valence-corrected chi connectivity index (χ1v) is 9.03. The summed E-state index contributed by atoms with van der Waals surface area (Å²) in [6.07, 6.45) is 1.42. The van der Waals surface area contributed by atoms with Gasteiger partial charge >= 0.3 is 0 Å². The third kappa shape index (κ3) is 4.39. The second-order valence-corrected chi connectivity index (χ2v) is 6.92. The number of nitrogens with one attached hydrogen (secondary N) is 1. The van der Waals surface area contributed by atoms with E-state index in [1.165, 1.54) is 0 Å². The molecule has 3 rings (SSSR count). The number of aryl methyl sites for hydroxylation is 2. The molecular formula is C21H26ClN3O3. The molecule has 2 amide bonds. The number of ether oxygens (including phenoxy) is 1. The Morgan fingerprint density at radius 3 is 2.64 bits per heavy atom. The number of nitrogens with zero attached hydrogens (tertiary/aromatic N) is 1. The van der Waals surface area contributed by atoms with Gasteiger partial charge in [-0.2, -0.15) is 0 Å². The van der Waals surface area contributed by atoms with Gasteiger partial charge in [0.15, 0.2) is 0 Å². The third-order valence-corrected chi connectivity index (χ3v) is 4.92. The Labute approximate surface area is 171 Å². The molecule has 1 saturated heterocycles. The number of carbonyl (C=O) groups excluding carboxylic acids is 2. The number of rotatable bonds is 4. The SMILES string of the molecule is COc1ccc(C)cc1NC(=O)C1CCCN1C(=O)c1cc(N)ccc1C.Cl. The highest BCUT2D eigenvalue weighted by Gasteiger charge is 2.35. The minimum atomic E-state index is -0.511. The first-order valence-electron chi connectivity index (χ1n) is 9.03. The maximum absolute atomic E-state index is 13.0. The largest absolute Gasteiger partial charge is 0.495 e. The van der Waals surface area contributed by atoms with Gasteiger partial charge in [0.2, 0.25) is 5.91 Å². The fraction of sp³-hybridized carbons (Fsp3) is 0.333. The smallest absolute Gasteiger partial charge is 0.254 e. The van der Waals surface area contributed by atoms with Crippen molar-refractivity contribution in [3.8, 4) is 5.75 Å². The lowest BCUT2D eigenvalue weighted by Crippen LogP contribution is -2.43. The van der Waals surface area contributed by atoms with Crippen molar-refractivity contribution in [2.45, 2.75) is 32.7 Å². The zero-order valence-corrected chi connectivity index (χ0v) is 17.1. The number of hydrogen-bond acceptors (Lipinski definition) is 4. The number of methoxy groups -OCH3 is 1. The van der Waals surface area contributed by atoms with Gasteiger partial charge in [-0.05, 0) is 62.1 Å². The summed E-state index contributed by atoms with van der Waals surface area (Å²) in [7, 11) is 1.56. The van der Waals surface area contributed by atoms with Crippen LogP contribution in [0.5, 0.6) is 5.75 Å². The molecule has 0 bridgehead atoms. The average molecular weight is 404 g/mol. The molecule has 0 saturated carbocycles. The summed E-state index contributed by atoms with van der Waals surface area (Å²) in [5.74, 6) is 0.233. The first kappa shape index (κ1) is 21.6. The van der Waals surface area contributed by atoms with Crippen LogP contribution in [-0.4, -0.2) is 36.4 Å². The van der Waals surface area contributed by atoms with Crippen molar-refractivity contribution >= 4 is 35.6 Å². The van der Waals surface area contributed by atoms with Crippen LogP contribution in [0.2, 0.25) is 0 Å². The maximum Gasteiger partial charge on any atom is 0.254 e. The molecule has 1 unspecified atom stereocenters. The zero-order valence-electron chi connectivity index (χ0n) is 16.3. The highest BCUT2D eigenvalue weighted by molar-refractivity contribution is 6.03. The van der Waals surface area contributed by atoms with E-state index in [0.29, 0.717) is 35.7 Å². The molecular weight excluding hydrogens is 378 g/mol. The van der Waals surface area contributed by atoms with Gasteiger partial charge in [-0.3, -0.25) is 9.59 Å². The molecule has 28 heavy (non-hydrogen) atoms. The van der Waals surface area contributed by atoms with Crippen LogP contribution in [-0.2, 0) is 4.79 Å². The molecule has 0 spiro atoms. The number of likely N-dealkylation sites (tertiary alicyclic amines) is 1. The Hall–Kier alpha value is -2.73. The Bertz CT molecular complexity index is 885. The highest BCUT2D eigenvalue weighted by Crippen LogP contribution is 2.28. The summed E-state index contributed by atoms with van der Waals surface area (Å²) in [4.78, 5) is 27.6. The molecule has 2 aromatic rings. The average Bonchev–Trinajstić information content (AvgIpc) is 3.13. The first-order chi connectivity index (χ1) is 12.9. The van der Waals surface area contributed by atoms with E-state index in [0.717, 1.165) is 17.5 Å². The van der Waals surface area contributed by atoms with Crippen LogP contribution >= 0.6 is 12.4 Å². The second kappa shape index (κ2) is 8.97. The molecule has 2 aromatic carbocycles. The maximum atomic E-state index is 13.0. The van der Waals surface area contributed by atoms with E-state index in [1.807, 2.05) is 38.1 Å². The molecule has 1 atom stereocenters. The van der Waals surface area contributed by atoms with Crippen LogP contribution in [0, 0.1) is 13.8 Å². The van der Waals surface area contributed by atoms with Crippen LogP contribution in [0.3, 0.4) is 0 Å². The number of anilines is 2. The van der Waals surface area contributed by atoms with Crippen molar-refractivity contribution < 1.29 is 14.3 Å². The monoisotopic (exact) mass is 403 g/mol. The van der Waals surface area contributed by atoms with E-state index < -0.39 is 6.04 Å². The normalized spacial score (nSPS) is 15.7. The Balaban J connectivity index is 0.00000280. The summed E-state index contributed by atoms with van der Waals surface area (Å²) >= 11 is 0. The van der Waals surface area contributed by atoms with E-state index in [4.69, 9.17) is 10.5 Å². The molecule has 0 aliphatic carbocycles. The van der Waals surface area contributed by atoms with Gasteiger partial charge in [-0.15, -0.1) is 12.4 Å². The predicted molar refractivity (Wildman–Crippen MR) is 113 cm³/mol. The number of hydrogen-bond donors (Lipinski definition) is 2. The number of halogens is 1. The van der Waals surface area contributed by atoms with Crippen molar-refractivity contribution in [1.29, 1.82) is 0 Å². The molecule has 0 radical (unpaired) electrons. The quantitative estimate of drug-likeness (QED) is 0.764. The molecule has 0 aromatic heterocycles. The van der Waals surface area contributed by atoms with Crippen LogP contribution in [0.4, 0.5) is 11.4 Å². The van der Waals surface area contributed by atoms with Crippen molar-refractivity contribution in [2.75, 3.05) is 24.7 Å². The van der Waals surface area contributed by atoms with Gasteiger partial charge in [0.1, 0.15) is 11.8 Å². The lowest BCUT2D eigenvalue weighted by molar-refractivity contribution is -0.119. The van der Waals surface area contributed by atoms with E-state index >= 15 is 0 Å². The van der Waals surface area contributed by atoms with E-state index in [9.17, 15) is 9.59 Å². The number of nitrogens with two attached hydrogens (primary N) is 1. The lowest BCUT2D eigenvalue weighted by Gasteiger charge is -2.25. The van der Waals surface area contributed by atoms with Crippen LogP contribution in [0.25, 0.3) is 0 Å². The lowest BCUT2D eigenvalue weighted by atomic mass is 10.1. The number of amides is 2.